The highest BCUT2D eigenvalue weighted by Crippen LogP contribution is 2.16. The van der Waals surface area contributed by atoms with Gasteiger partial charge in [-0.25, -0.2) is 0 Å². The van der Waals surface area contributed by atoms with E-state index in [1.807, 2.05) is 20.2 Å². The molecule has 23 heavy (non-hydrogen) atoms. The van der Waals surface area contributed by atoms with Crippen LogP contribution in [0.3, 0.4) is 0 Å². The smallest absolute Gasteiger partial charge is 0.221 e. The first-order valence-corrected chi connectivity index (χ1v) is 7.82. The molecule has 6 heteroatoms. The first-order valence-electron chi connectivity index (χ1n) is 7.44. The molecule has 122 valence electrons. The lowest BCUT2D eigenvalue weighted by Crippen LogP contribution is -2.29. The Morgan fingerprint density at radius 2 is 1.91 bits per heavy atom. The Kier molecular flexibility index (Phi) is 5.55. The number of aryl methyl sites for hydroxylation is 1. The van der Waals surface area contributed by atoms with Gasteiger partial charge in [0.1, 0.15) is 0 Å². The molecule has 0 radical (unpaired) electrons. The molecule has 1 amide bonds. The predicted octanol–water partition coefficient (Wildman–Crippen LogP) is 3.16. The van der Waals surface area contributed by atoms with Crippen LogP contribution in [0.15, 0.2) is 36.7 Å². The average molecular weight is 334 g/mol. The molecule has 0 fully saturated rings. The van der Waals surface area contributed by atoms with Gasteiger partial charge in [-0.05, 0) is 31.2 Å². The fourth-order valence-electron chi connectivity index (χ4n) is 2.32. The van der Waals surface area contributed by atoms with Crippen LogP contribution in [-0.2, 0) is 11.8 Å². The zero-order valence-electron chi connectivity index (χ0n) is 13.4. The summed E-state index contributed by atoms with van der Waals surface area (Å²) in [5.74, 6) is -0.612. The fourth-order valence-corrected chi connectivity index (χ4v) is 2.44. The van der Waals surface area contributed by atoms with Crippen molar-refractivity contribution < 1.29 is 9.59 Å². The summed E-state index contributed by atoms with van der Waals surface area (Å²) < 4.78 is 1.69. The number of hydrogen-bond acceptors (Lipinski definition) is 3. The maximum atomic E-state index is 12.3. The summed E-state index contributed by atoms with van der Waals surface area (Å²) in [6.45, 7) is 3.64. The lowest BCUT2D eigenvalue weighted by molar-refractivity contribution is -0.122. The molecule has 2 aromatic rings. The average Bonchev–Trinajstić information content (AvgIpc) is 2.93. The summed E-state index contributed by atoms with van der Waals surface area (Å²) in [6.07, 6.45) is 3.71. The molecular weight excluding hydrogens is 314 g/mol. The highest BCUT2D eigenvalue weighted by molar-refractivity contribution is 6.30. The molecule has 1 aromatic carbocycles. The second-order valence-corrected chi connectivity index (χ2v) is 6.15. The third-order valence-corrected chi connectivity index (χ3v) is 3.92. The van der Waals surface area contributed by atoms with Crippen LogP contribution in [0.1, 0.15) is 42.2 Å². The third-order valence-electron chi connectivity index (χ3n) is 3.67. The molecule has 0 spiro atoms. The molecule has 0 aliphatic rings. The summed E-state index contributed by atoms with van der Waals surface area (Å²) in [6, 6.07) is 6.56. The van der Waals surface area contributed by atoms with E-state index in [9.17, 15) is 9.59 Å². The van der Waals surface area contributed by atoms with Gasteiger partial charge in [0.25, 0.3) is 0 Å². The predicted molar refractivity (Wildman–Crippen MR) is 89.3 cm³/mol. The van der Waals surface area contributed by atoms with Gasteiger partial charge in [0.2, 0.25) is 5.91 Å². The van der Waals surface area contributed by atoms with Gasteiger partial charge < -0.3 is 5.32 Å². The van der Waals surface area contributed by atoms with Crippen LogP contribution in [0.2, 0.25) is 5.02 Å². The standard InChI is InChI=1S/C17H20ClN3O2/c1-11(17(23)13-4-6-15(18)7-5-13)8-16(22)20-12(2)14-9-19-21(3)10-14/h4-7,9-12H,8H2,1-3H3,(H,20,22)/t11-,12-/m0/s1. The minimum atomic E-state index is -0.391. The largest absolute Gasteiger partial charge is 0.349 e. The van der Waals surface area contributed by atoms with Gasteiger partial charge in [-0.15, -0.1) is 0 Å². The number of aromatic nitrogens is 2. The quantitative estimate of drug-likeness (QED) is 0.826. The molecule has 2 rings (SSSR count). The minimum Gasteiger partial charge on any atom is -0.349 e. The number of carbonyl (C=O) groups excluding carboxylic acids is 2. The van der Waals surface area contributed by atoms with Gasteiger partial charge in [0, 0.05) is 41.7 Å². The number of halogens is 1. The maximum Gasteiger partial charge on any atom is 0.221 e. The van der Waals surface area contributed by atoms with E-state index in [-0.39, 0.29) is 24.2 Å². The second-order valence-electron chi connectivity index (χ2n) is 5.71. The highest BCUT2D eigenvalue weighted by Gasteiger charge is 2.20. The number of benzene rings is 1. The maximum absolute atomic E-state index is 12.3. The SMILES string of the molecule is C[C@H](NC(=O)C[C@H](C)C(=O)c1ccc(Cl)cc1)c1cnn(C)c1. The van der Waals surface area contributed by atoms with Crippen molar-refractivity contribution in [2.75, 3.05) is 0 Å². The van der Waals surface area contributed by atoms with Crippen LogP contribution in [0.4, 0.5) is 0 Å². The monoisotopic (exact) mass is 333 g/mol. The van der Waals surface area contributed by atoms with Gasteiger partial charge in [0.15, 0.2) is 5.78 Å². The van der Waals surface area contributed by atoms with Crippen LogP contribution in [0, 0.1) is 5.92 Å². The zero-order valence-corrected chi connectivity index (χ0v) is 14.2. The molecule has 1 N–H and O–H groups in total. The van der Waals surface area contributed by atoms with Crippen LogP contribution < -0.4 is 5.32 Å². The number of hydrogen-bond donors (Lipinski definition) is 1. The van der Waals surface area contributed by atoms with Gasteiger partial charge >= 0.3 is 0 Å². The number of rotatable bonds is 6. The summed E-state index contributed by atoms with van der Waals surface area (Å²) in [5.41, 5.74) is 1.49. The first-order chi connectivity index (χ1) is 10.9. The van der Waals surface area contributed by atoms with Crippen LogP contribution >= 0.6 is 11.6 Å². The van der Waals surface area contributed by atoms with E-state index >= 15 is 0 Å². The Morgan fingerprint density at radius 1 is 1.26 bits per heavy atom. The topological polar surface area (TPSA) is 64.0 Å². The molecule has 1 heterocycles. The molecule has 0 aliphatic carbocycles. The second kappa shape index (κ2) is 7.42. The van der Waals surface area contributed by atoms with Crippen molar-refractivity contribution in [2.45, 2.75) is 26.3 Å². The van der Waals surface area contributed by atoms with E-state index in [1.54, 1.807) is 42.1 Å². The Bertz CT molecular complexity index is 694. The van der Waals surface area contributed by atoms with Gasteiger partial charge in [-0.2, -0.15) is 5.10 Å². The van der Waals surface area contributed by atoms with E-state index in [4.69, 9.17) is 11.6 Å². The lowest BCUT2D eigenvalue weighted by atomic mass is 9.96. The fraction of sp³-hybridized carbons (Fsp3) is 0.353. The van der Waals surface area contributed by atoms with Crippen LogP contribution in [0.25, 0.3) is 0 Å². The Hall–Kier alpha value is -2.14. The van der Waals surface area contributed by atoms with Crippen molar-refractivity contribution in [1.82, 2.24) is 15.1 Å². The number of nitrogens with one attached hydrogen (secondary N) is 1. The zero-order chi connectivity index (χ0) is 17.0. The van der Waals surface area contributed by atoms with Crippen molar-refractivity contribution in [3.63, 3.8) is 0 Å². The molecule has 0 saturated carbocycles. The lowest BCUT2D eigenvalue weighted by Gasteiger charge is -2.15. The summed E-state index contributed by atoms with van der Waals surface area (Å²) >= 11 is 5.82. The first kappa shape index (κ1) is 17.2. The normalized spacial score (nSPS) is 13.4. The number of nitrogens with zero attached hydrogens (tertiary/aromatic N) is 2. The third kappa shape index (κ3) is 4.66. The van der Waals surface area contributed by atoms with Crippen LogP contribution in [-0.4, -0.2) is 21.5 Å². The number of carbonyl (C=O) groups is 2. The minimum absolute atomic E-state index is 0.0640. The number of Topliss-reactive ketones (excluding diaryl/α,β-unsaturated/α-hetero) is 1. The highest BCUT2D eigenvalue weighted by atomic mass is 35.5. The molecule has 1 aromatic heterocycles. The molecular formula is C17H20ClN3O2. The van der Waals surface area contributed by atoms with E-state index in [0.717, 1.165) is 5.56 Å². The van der Waals surface area contributed by atoms with E-state index in [2.05, 4.69) is 10.4 Å². The number of ketones is 1. The summed E-state index contributed by atoms with van der Waals surface area (Å²) in [4.78, 5) is 24.4. The molecule has 0 saturated heterocycles. The summed E-state index contributed by atoms with van der Waals surface area (Å²) in [7, 11) is 1.82. The van der Waals surface area contributed by atoms with Crippen molar-refractivity contribution in [2.24, 2.45) is 13.0 Å². The van der Waals surface area contributed by atoms with Gasteiger partial charge in [-0.3, -0.25) is 14.3 Å². The van der Waals surface area contributed by atoms with Crippen molar-refractivity contribution in [3.05, 3.63) is 52.8 Å². The van der Waals surface area contributed by atoms with Crippen LogP contribution in [0.5, 0.6) is 0 Å². The molecule has 2 atom stereocenters. The molecule has 5 nitrogen and oxygen atoms in total. The van der Waals surface area contributed by atoms with E-state index in [1.165, 1.54) is 0 Å². The molecule has 0 aliphatic heterocycles. The Labute approximate surface area is 140 Å². The summed E-state index contributed by atoms with van der Waals surface area (Å²) in [5, 5.41) is 7.55. The van der Waals surface area contributed by atoms with E-state index < -0.39 is 5.92 Å². The number of amides is 1. The van der Waals surface area contributed by atoms with Crippen molar-refractivity contribution in [3.8, 4) is 0 Å². The molecule has 0 bridgehead atoms. The van der Waals surface area contributed by atoms with Crippen molar-refractivity contribution in [1.29, 1.82) is 0 Å². The van der Waals surface area contributed by atoms with Crippen molar-refractivity contribution >= 4 is 23.3 Å². The molecule has 0 unspecified atom stereocenters. The van der Waals surface area contributed by atoms with Gasteiger partial charge in [0.05, 0.1) is 12.2 Å². The van der Waals surface area contributed by atoms with Gasteiger partial charge in [-0.1, -0.05) is 18.5 Å². The Morgan fingerprint density at radius 3 is 2.48 bits per heavy atom. The van der Waals surface area contributed by atoms with E-state index in [0.29, 0.717) is 10.6 Å². The Balaban J connectivity index is 1.91.